The molecular weight excluding hydrogens is 432 g/mol. The molecule has 33 heavy (non-hydrogen) atoms. The van der Waals surface area contributed by atoms with Crippen molar-refractivity contribution >= 4 is 23.4 Å². The number of carbonyl (C=O) groups is 1. The maximum atomic E-state index is 12.9. The molecule has 6 nitrogen and oxygen atoms in total. The number of hydrogen-bond acceptors (Lipinski definition) is 5. The second-order valence-corrected chi connectivity index (χ2v) is 9.80. The predicted molar refractivity (Wildman–Crippen MR) is 135 cm³/mol. The zero-order valence-electron chi connectivity index (χ0n) is 20.3. The molecular formula is C26H34N4O2S. The van der Waals surface area contributed by atoms with Gasteiger partial charge in [0.05, 0.1) is 5.25 Å². The first-order valence-corrected chi connectivity index (χ1v) is 12.4. The number of carbonyl (C=O) groups excluding carboxylic acids is 1. The third-order valence-electron chi connectivity index (χ3n) is 5.37. The Kier molecular flexibility index (Phi) is 8.55. The number of nitrogens with zero attached hydrogens (tertiary/aromatic N) is 3. The van der Waals surface area contributed by atoms with E-state index in [2.05, 4.69) is 53.8 Å². The number of hydrogen-bond donors (Lipinski definition) is 1. The first-order chi connectivity index (χ1) is 15.8. The molecule has 0 aliphatic carbocycles. The molecule has 0 saturated carbocycles. The highest BCUT2D eigenvalue weighted by Crippen LogP contribution is 2.33. The van der Waals surface area contributed by atoms with Crippen molar-refractivity contribution < 1.29 is 9.53 Å². The van der Waals surface area contributed by atoms with Gasteiger partial charge in [0.15, 0.2) is 17.1 Å². The van der Waals surface area contributed by atoms with E-state index in [-0.39, 0.29) is 23.3 Å². The quantitative estimate of drug-likeness (QED) is 0.340. The van der Waals surface area contributed by atoms with Crippen molar-refractivity contribution in [1.29, 1.82) is 0 Å². The van der Waals surface area contributed by atoms with E-state index in [1.807, 2.05) is 62.4 Å². The molecule has 2 unspecified atom stereocenters. The van der Waals surface area contributed by atoms with E-state index in [9.17, 15) is 4.79 Å². The zero-order valence-corrected chi connectivity index (χ0v) is 21.1. The summed E-state index contributed by atoms with van der Waals surface area (Å²) >= 11 is 1.45. The Hall–Kier alpha value is -2.80. The minimum Gasteiger partial charge on any atom is -0.482 e. The van der Waals surface area contributed by atoms with Gasteiger partial charge in [0.25, 0.3) is 0 Å². The molecule has 0 aliphatic heterocycles. The van der Waals surface area contributed by atoms with Crippen LogP contribution in [0.5, 0.6) is 5.75 Å². The minimum atomic E-state index is -0.285. The number of thioether (sulfide) groups is 1. The molecule has 0 fully saturated rings. The molecule has 2 aromatic carbocycles. The van der Waals surface area contributed by atoms with E-state index < -0.39 is 0 Å². The molecule has 0 spiro atoms. The lowest BCUT2D eigenvalue weighted by Crippen LogP contribution is -2.25. The first-order valence-electron chi connectivity index (χ1n) is 11.5. The van der Waals surface area contributed by atoms with Gasteiger partial charge >= 0.3 is 0 Å². The number of nitrogens with one attached hydrogen (secondary N) is 1. The molecule has 1 aromatic heterocycles. The Bertz CT molecular complexity index is 1050. The van der Waals surface area contributed by atoms with Crippen LogP contribution in [0.2, 0.25) is 0 Å². The highest BCUT2D eigenvalue weighted by molar-refractivity contribution is 8.00. The maximum absolute atomic E-state index is 12.9. The monoisotopic (exact) mass is 466 g/mol. The molecule has 0 aliphatic rings. The van der Waals surface area contributed by atoms with Crippen LogP contribution in [0.15, 0.2) is 59.8 Å². The summed E-state index contributed by atoms with van der Waals surface area (Å²) in [7, 11) is 0. The lowest BCUT2D eigenvalue weighted by atomic mass is 10.0. The van der Waals surface area contributed by atoms with E-state index in [1.165, 1.54) is 11.8 Å². The van der Waals surface area contributed by atoms with Crippen LogP contribution in [0.4, 0.5) is 5.69 Å². The van der Waals surface area contributed by atoms with Crippen LogP contribution in [-0.2, 0) is 4.79 Å². The van der Waals surface area contributed by atoms with Gasteiger partial charge in [0, 0.05) is 11.7 Å². The fraction of sp³-hybridized carbons (Fsp3) is 0.423. The summed E-state index contributed by atoms with van der Waals surface area (Å²) in [5.74, 6) is 1.94. The third-order valence-corrected chi connectivity index (χ3v) is 6.69. The molecule has 1 amide bonds. The van der Waals surface area contributed by atoms with Crippen LogP contribution in [-0.4, -0.2) is 25.9 Å². The van der Waals surface area contributed by atoms with Gasteiger partial charge in [-0.2, -0.15) is 0 Å². The zero-order chi connectivity index (χ0) is 24.0. The van der Waals surface area contributed by atoms with Crippen molar-refractivity contribution in [3.05, 3.63) is 66.0 Å². The summed E-state index contributed by atoms with van der Waals surface area (Å²) in [4.78, 5) is 12.9. The number of aromatic nitrogens is 3. The lowest BCUT2D eigenvalue weighted by molar-refractivity contribution is -0.115. The van der Waals surface area contributed by atoms with Gasteiger partial charge in [-0.15, -0.1) is 10.2 Å². The van der Waals surface area contributed by atoms with E-state index in [4.69, 9.17) is 4.74 Å². The van der Waals surface area contributed by atoms with Gasteiger partial charge in [-0.05, 0) is 56.9 Å². The molecule has 7 heteroatoms. The van der Waals surface area contributed by atoms with E-state index in [1.54, 1.807) is 0 Å². The highest BCUT2D eigenvalue weighted by Gasteiger charge is 2.26. The van der Waals surface area contributed by atoms with Gasteiger partial charge in [-0.3, -0.25) is 4.79 Å². The number of ether oxygens (including phenoxy) is 1. The Balaban J connectivity index is 1.80. The molecule has 3 rings (SSSR count). The van der Waals surface area contributed by atoms with Gasteiger partial charge in [-0.1, -0.05) is 68.9 Å². The fourth-order valence-electron chi connectivity index (χ4n) is 3.63. The van der Waals surface area contributed by atoms with Gasteiger partial charge in [0.1, 0.15) is 5.75 Å². The molecule has 0 bridgehead atoms. The van der Waals surface area contributed by atoms with Crippen molar-refractivity contribution in [3.8, 4) is 5.75 Å². The molecule has 0 saturated heterocycles. The molecule has 1 heterocycles. The summed E-state index contributed by atoms with van der Waals surface area (Å²) in [6, 6.07) is 17.8. The normalized spacial score (nSPS) is 13.2. The average molecular weight is 467 g/mol. The van der Waals surface area contributed by atoms with Crippen LogP contribution < -0.4 is 10.1 Å². The van der Waals surface area contributed by atoms with Crippen molar-refractivity contribution in [2.45, 2.75) is 76.4 Å². The summed E-state index contributed by atoms with van der Waals surface area (Å²) < 4.78 is 8.42. The number of benzene rings is 2. The Labute approximate surface area is 201 Å². The Morgan fingerprint density at radius 3 is 2.30 bits per heavy atom. The van der Waals surface area contributed by atoms with Crippen molar-refractivity contribution in [2.24, 2.45) is 0 Å². The molecule has 2 atom stereocenters. The lowest BCUT2D eigenvalue weighted by Gasteiger charge is -2.22. The van der Waals surface area contributed by atoms with Crippen molar-refractivity contribution in [3.63, 3.8) is 0 Å². The summed E-state index contributed by atoms with van der Waals surface area (Å²) in [5, 5.41) is 12.4. The van der Waals surface area contributed by atoms with Crippen LogP contribution in [0, 0.1) is 0 Å². The molecule has 1 N–H and O–H groups in total. The number of anilines is 1. The summed E-state index contributed by atoms with van der Waals surface area (Å²) in [5.41, 5.74) is 1.96. The van der Waals surface area contributed by atoms with Crippen molar-refractivity contribution in [1.82, 2.24) is 14.8 Å². The predicted octanol–water partition coefficient (Wildman–Crippen LogP) is 6.63. The number of para-hydroxylation sites is 2. The summed E-state index contributed by atoms with van der Waals surface area (Å²) in [6.07, 6.45) is 0.393. The second kappa shape index (κ2) is 11.4. The first kappa shape index (κ1) is 24.8. The maximum Gasteiger partial charge on any atom is 0.237 e. The minimum absolute atomic E-state index is 0.0382. The Morgan fingerprint density at radius 2 is 1.67 bits per heavy atom. The van der Waals surface area contributed by atoms with Crippen LogP contribution in [0.25, 0.3) is 0 Å². The van der Waals surface area contributed by atoms with Crippen LogP contribution in [0.3, 0.4) is 0 Å². The highest BCUT2D eigenvalue weighted by atomic mass is 32.2. The Morgan fingerprint density at radius 1 is 1.00 bits per heavy atom. The SMILES string of the molecule is CCC(Sc1nnc(C(C)Oc2ccccc2C(C)C)n1C(C)C)C(=O)Nc1ccccc1. The van der Waals surface area contributed by atoms with Gasteiger partial charge < -0.3 is 14.6 Å². The number of rotatable bonds is 10. The number of amides is 1. The third kappa shape index (κ3) is 6.16. The topological polar surface area (TPSA) is 69.0 Å². The second-order valence-electron chi connectivity index (χ2n) is 8.63. The molecule has 176 valence electrons. The van der Waals surface area contributed by atoms with Gasteiger partial charge in [0.2, 0.25) is 5.91 Å². The largest absolute Gasteiger partial charge is 0.482 e. The van der Waals surface area contributed by atoms with Gasteiger partial charge in [-0.25, -0.2) is 0 Å². The van der Waals surface area contributed by atoms with E-state index in [0.717, 1.165) is 28.0 Å². The standard InChI is InChI=1S/C26H34N4O2S/c1-7-23(25(31)27-20-13-9-8-10-14-20)33-26-29-28-24(30(26)18(4)5)19(6)32-22-16-12-11-15-21(22)17(2)3/h8-19,23H,7H2,1-6H3,(H,27,31). The molecule has 3 aromatic rings. The average Bonchev–Trinajstić information content (AvgIpc) is 3.22. The summed E-state index contributed by atoms with van der Waals surface area (Å²) in [6.45, 7) is 12.5. The van der Waals surface area contributed by atoms with Crippen molar-refractivity contribution in [2.75, 3.05) is 5.32 Å². The molecule has 0 radical (unpaired) electrons. The smallest absolute Gasteiger partial charge is 0.237 e. The van der Waals surface area contributed by atoms with Crippen LogP contribution in [0.1, 0.15) is 77.4 Å². The van der Waals surface area contributed by atoms with E-state index in [0.29, 0.717) is 12.3 Å². The van der Waals surface area contributed by atoms with Crippen LogP contribution >= 0.6 is 11.8 Å². The van der Waals surface area contributed by atoms with E-state index >= 15 is 0 Å². The fourth-order valence-corrected chi connectivity index (χ4v) is 4.73.